The van der Waals surface area contributed by atoms with Gasteiger partial charge in [-0.1, -0.05) is 0 Å². The van der Waals surface area contributed by atoms with Crippen LogP contribution in [0.5, 0.6) is 0 Å². The molecule has 1 amide bonds. The van der Waals surface area contributed by atoms with Gasteiger partial charge in [-0.3, -0.25) is 4.79 Å². The Hall–Kier alpha value is -1.50. The van der Waals surface area contributed by atoms with Crippen LogP contribution in [0.25, 0.3) is 0 Å². The second-order valence-corrected chi connectivity index (χ2v) is 4.26. The molecule has 0 radical (unpaired) electrons. The summed E-state index contributed by atoms with van der Waals surface area (Å²) >= 11 is 0. The molecular formula is C9H16N6O. The number of nitrogens with zero attached hydrogens (tertiary/aromatic N) is 5. The van der Waals surface area contributed by atoms with Gasteiger partial charge in [-0.2, -0.15) is 0 Å². The van der Waals surface area contributed by atoms with Gasteiger partial charge in [0.2, 0.25) is 5.91 Å². The van der Waals surface area contributed by atoms with Crippen molar-refractivity contribution in [2.24, 2.45) is 11.7 Å². The predicted molar refractivity (Wildman–Crippen MR) is 56.2 cm³/mol. The molecule has 1 aromatic rings. The van der Waals surface area contributed by atoms with Gasteiger partial charge in [0.15, 0.2) is 0 Å². The summed E-state index contributed by atoms with van der Waals surface area (Å²) in [6, 6.07) is 0.144. The van der Waals surface area contributed by atoms with Gasteiger partial charge >= 0.3 is 0 Å². The zero-order valence-electron chi connectivity index (χ0n) is 9.28. The summed E-state index contributed by atoms with van der Waals surface area (Å²) in [4.78, 5) is 13.7. The molecule has 7 nitrogen and oxygen atoms in total. The number of hydrogen-bond donors (Lipinski definition) is 1. The van der Waals surface area contributed by atoms with Crippen molar-refractivity contribution in [1.29, 1.82) is 0 Å². The fraction of sp³-hybridized carbons (Fsp3) is 0.778. The smallest absolute Gasteiger partial charge is 0.244 e. The highest BCUT2D eigenvalue weighted by molar-refractivity contribution is 5.76. The third kappa shape index (κ3) is 2.35. The van der Waals surface area contributed by atoms with E-state index in [1.807, 2.05) is 11.8 Å². The van der Waals surface area contributed by atoms with Crippen LogP contribution in [0.1, 0.15) is 13.3 Å². The molecule has 0 aromatic carbocycles. The minimum Gasteiger partial charge on any atom is -0.341 e. The molecule has 0 aliphatic carbocycles. The molecule has 1 aliphatic rings. The number of likely N-dealkylation sites (tertiary alicyclic amines) is 1. The average Bonchev–Trinajstić information content (AvgIpc) is 2.86. The summed E-state index contributed by atoms with van der Waals surface area (Å²) in [7, 11) is 0. The Kier molecular flexibility index (Phi) is 3.14. The molecule has 0 bridgehead atoms. The van der Waals surface area contributed by atoms with Crippen molar-refractivity contribution in [3.05, 3.63) is 6.33 Å². The van der Waals surface area contributed by atoms with Gasteiger partial charge in [0.25, 0.3) is 0 Å². The SMILES string of the molecule is CC(N)C1CCN(C(=O)Cn2cnnn2)C1. The molecule has 2 atom stereocenters. The predicted octanol–water partition coefficient (Wildman–Crippen LogP) is -1.13. The summed E-state index contributed by atoms with van der Waals surface area (Å²) in [6.45, 7) is 3.73. The monoisotopic (exact) mass is 224 g/mol. The maximum absolute atomic E-state index is 11.8. The van der Waals surface area contributed by atoms with E-state index < -0.39 is 0 Å². The van der Waals surface area contributed by atoms with E-state index in [0.717, 1.165) is 19.5 Å². The van der Waals surface area contributed by atoms with Gasteiger partial charge in [-0.15, -0.1) is 5.10 Å². The van der Waals surface area contributed by atoms with E-state index in [9.17, 15) is 4.79 Å². The van der Waals surface area contributed by atoms with E-state index in [0.29, 0.717) is 5.92 Å². The first kappa shape index (κ1) is 11.0. The average molecular weight is 224 g/mol. The molecule has 0 spiro atoms. The lowest BCUT2D eigenvalue weighted by Crippen LogP contribution is -2.34. The Balaban J connectivity index is 1.87. The van der Waals surface area contributed by atoms with Gasteiger partial charge < -0.3 is 10.6 Å². The molecule has 1 aliphatic heterocycles. The van der Waals surface area contributed by atoms with Crippen LogP contribution in [0.4, 0.5) is 0 Å². The van der Waals surface area contributed by atoms with E-state index in [2.05, 4.69) is 15.5 Å². The third-order valence-electron chi connectivity index (χ3n) is 3.01. The maximum Gasteiger partial charge on any atom is 0.244 e. The number of tetrazole rings is 1. The molecule has 2 unspecified atom stereocenters. The van der Waals surface area contributed by atoms with E-state index in [-0.39, 0.29) is 18.5 Å². The van der Waals surface area contributed by atoms with Gasteiger partial charge in [-0.05, 0) is 29.7 Å². The number of aromatic nitrogens is 4. The number of hydrogen-bond acceptors (Lipinski definition) is 5. The van der Waals surface area contributed by atoms with Crippen LogP contribution >= 0.6 is 0 Å². The lowest BCUT2D eigenvalue weighted by atomic mass is 10.0. The Bertz CT molecular complexity index is 349. The zero-order chi connectivity index (χ0) is 11.5. The minimum atomic E-state index is 0.0513. The Labute approximate surface area is 93.6 Å². The molecular weight excluding hydrogens is 208 g/mol. The van der Waals surface area contributed by atoms with Crippen LogP contribution in [0.2, 0.25) is 0 Å². The van der Waals surface area contributed by atoms with Crippen LogP contribution in [0.3, 0.4) is 0 Å². The van der Waals surface area contributed by atoms with Gasteiger partial charge in [0, 0.05) is 19.1 Å². The minimum absolute atomic E-state index is 0.0513. The molecule has 88 valence electrons. The fourth-order valence-electron chi connectivity index (χ4n) is 1.93. The molecule has 1 aromatic heterocycles. The summed E-state index contributed by atoms with van der Waals surface area (Å²) in [5.74, 6) is 0.466. The van der Waals surface area contributed by atoms with Crippen molar-refractivity contribution >= 4 is 5.91 Å². The molecule has 2 N–H and O–H groups in total. The van der Waals surface area contributed by atoms with E-state index in [1.165, 1.54) is 11.0 Å². The van der Waals surface area contributed by atoms with Crippen molar-refractivity contribution in [2.45, 2.75) is 25.9 Å². The van der Waals surface area contributed by atoms with Gasteiger partial charge in [-0.25, -0.2) is 4.68 Å². The molecule has 0 saturated carbocycles. The van der Waals surface area contributed by atoms with Gasteiger partial charge in [0.1, 0.15) is 12.9 Å². The number of carbonyl (C=O) groups is 1. The van der Waals surface area contributed by atoms with Crippen LogP contribution in [-0.4, -0.2) is 50.1 Å². The van der Waals surface area contributed by atoms with E-state index >= 15 is 0 Å². The quantitative estimate of drug-likeness (QED) is 0.701. The maximum atomic E-state index is 11.8. The van der Waals surface area contributed by atoms with Crippen molar-refractivity contribution in [1.82, 2.24) is 25.1 Å². The number of rotatable bonds is 3. The molecule has 1 fully saturated rings. The standard InChI is InChI=1S/C9H16N6O/c1-7(10)8-2-3-14(4-8)9(16)5-15-6-11-12-13-15/h6-8H,2-5,10H2,1H3. The van der Waals surface area contributed by atoms with Crippen molar-refractivity contribution in [3.63, 3.8) is 0 Å². The van der Waals surface area contributed by atoms with Crippen LogP contribution in [-0.2, 0) is 11.3 Å². The topological polar surface area (TPSA) is 89.9 Å². The van der Waals surface area contributed by atoms with Crippen molar-refractivity contribution in [3.8, 4) is 0 Å². The largest absolute Gasteiger partial charge is 0.341 e. The highest BCUT2D eigenvalue weighted by atomic mass is 16.2. The number of carbonyl (C=O) groups excluding carboxylic acids is 1. The summed E-state index contributed by atoms with van der Waals surface area (Å²) in [5.41, 5.74) is 5.82. The van der Waals surface area contributed by atoms with Gasteiger partial charge in [0.05, 0.1) is 0 Å². The first-order valence-electron chi connectivity index (χ1n) is 5.41. The molecule has 1 saturated heterocycles. The second-order valence-electron chi connectivity index (χ2n) is 4.26. The summed E-state index contributed by atoms with van der Waals surface area (Å²) in [6.07, 6.45) is 2.43. The highest BCUT2D eigenvalue weighted by Crippen LogP contribution is 2.18. The highest BCUT2D eigenvalue weighted by Gasteiger charge is 2.28. The molecule has 16 heavy (non-hydrogen) atoms. The Morgan fingerprint density at radius 2 is 2.50 bits per heavy atom. The molecule has 2 heterocycles. The fourth-order valence-corrected chi connectivity index (χ4v) is 1.93. The number of amides is 1. The normalized spacial score (nSPS) is 22.4. The summed E-state index contributed by atoms with van der Waals surface area (Å²) in [5, 5.41) is 10.6. The Morgan fingerprint density at radius 3 is 3.06 bits per heavy atom. The van der Waals surface area contributed by atoms with Crippen molar-refractivity contribution < 1.29 is 4.79 Å². The summed E-state index contributed by atoms with van der Waals surface area (Å²) < 4.78 is 1.43. The lowest BCUT2D eigenvalue weighted by molar-refractivity contribution is -0.131. The first-order valence-corrected chi connectivity index (χ1v) is 5.41. The van der Waals surface area contributed by atoms with Crippen molar-refractivity contribution in [2.75, 3.05) is 13.1 Å². The molecule has 2 rings (SSSR count). The van der Waals surface area contributed by atoms with Crippen LogP contribution in [0, 0.1) is 5.92 Å². The van der Waals surface area contributed by atoms with E-state index in [1.54, 1.807) is 0 Å². The first-order chi connectivity index (χ1) is 7.66. The zero-order valence-corrected chi connectivity index (χ0v) is 9.28. The number of nitrogens with two attached hydrogens (primary N) is 1. The molecule has 7 heteroatoms. The van der Waals surface area contributed by atoms with Crippen LogP contribution < -0.4 is 5.73 Å². The van der Waals surface area contributed by atoms with Crippen LogP contribution in [0.15, 0.2) is 6.33 Å². The second kappa shape index (κ2) is 4.56. The third-order valence-corrected chi connectivity index (χ3v) is 3.01. The Morgan fingerprint density at radius 1 is 1.69 bits per heavy atom. The lowest BCUT2D eigenvalue weighted by Gasteiger charge is -2.17. The van der Waals surface area contributed by atoms with E-state index in [4.69, 9.17) is 5.73 Å².